The van der Waals surface area contributed by atoms with Gasteiger partial charge in [0.15, 0.2) is 0 Å². The molecule has 2 aromatic carbocycles. The number of alkyl halides is 3. The van der Waals surface area contributed by atoms with Gasteiger partial charge in [-0.15, -0.1) is 11.8 Å². The van der Waals surface area contributed by atoms with E-state index in [2.05, 4.69) is 5.32 Å². The largest absolute Gasteiger partial charge is 0.417 e. The molecule has 1 spiro atoms. The van der Waals surface area contributed by atoms with Gasteiger partial charge in [0.05, 0.1) is 22.4 Å². The molecule has 0 bridgehead atoms. The average molecular weight is 420 g/mol. The van der Waals surface area contributed by atoms with Crippen LogP contribution in [0.15, 0.2) is 53.4 Å². The molecule has 0 aromatic heterocycles. The molecule has 1 saturated heterocycles. The standard InChI is InChI=1S/C21H19F3N2O2S/c22-21(23,24)15-6-2-4-8-17(15)29-13-18(27)26-16-7-3-1-5-14(16)20(19(26)28)9-11-25-12-10-20/h1-8,25H,9-13H2. The lowest BCUT2D eigenvalue weighted by molar-refractivity contribution is -0.139. The van der Waals surface area contributed by atoms with Crippen LogP contribution in [0.5, 0.6) is 0 Å². The van der Waals surface area contributed by atoms with Crippen molar-refractivity contribution in [1.82, 2.24) is 5.32 Å². The number of piperidine rings is 1. The van der Waals surface area contributed by atoms with Crippen molar-refractivity contribution in [2.75, 3.05) is 23.7 Å². The first kappa shape index (κ1) is 20.0. The molecule has 0 aliphatic carbocycles. The topological polar surface area (TPSA) is 49.4 Å². The van der Waals surface area contributed by atoms with Crippen LogP contribution >= 0.6 is 11.8 Å². The van der Waals surface area contributed by atoms with Gasteiger partial charge in [-0.2, -0.15) is 13.2 Å². The summed E-state index contributed by atoms with van der Waals surface area (Å²) in [6.45, 7) is 1.35. The Kier molecular flexibility index (Phi) is 5.16. The molecule has 8 heteroatoms. The number of rotatable bonds is 3. The highest BCUT2D eigenvalue weighted by Gasteiger charge is 2.52. The van der Waals surface area contributed by atoms with Crippen LogP contribution in [-0.4, -0.2) is 30.7 Å². The molecular weight excluding hydrogens is 401 g/mol. The lowest BCUT2D eigenvalue weighted by Gasteiger charge is -2.32. The van der Waals surface area contributed by atoms with Crippen molar-refractivity contribution in [2.24, 2.45) is 0 Å². The van der Waals surface area contributed by atoms with Gasteiger partial charge in [-0.05, 0) is 49.7 Å². The number of para-hydroxylation sites is 1. The number of hydrogen-bond donors (Lipinski definition) is 1. The van der Waals surface area contributed by atoms with Crippen molar-refractivity contribution >= 4 is 29.3 Å². The summed E-state index contributed by atoms with van der Waals surface area (Å²) in [6.07, 6.45) is -3.31. The number of nitrogens with zero attached hydrogens (tertiary/aromatic N) is 1. The summed E-state index contributed by atoms with van der Waals surface area (Å²) in [4.78, 5) is 27.4. The van der Waals surface area contributed by atoms with Gasteiger partial charge < -0.3 is 5.32 Å². The average Bonchev–Trinajstić information content (AvgIpc) is 2.95. The number of fused-ring (bicyclic) bond motifs is 2. The zero-order valence-electron chi connectivity index (χ0n) is 15.5. The molecular formula is C21H19F3N2O2S. The predicted molar refractivity (Wildman–Crippen MR) is 105 cm³/mol. The summed E-state index contributed by atoms with van der Waals surface area (Å²) < 4.78 is 39.6. The van der Waals surface area contributed by atoms with E-state index in [1.807, 2.05) is 12.1 Å². The van der Waals surface area contributed by atoms with E-state index < -0.39 is 23.1 Å². The van der Waals surface area contributed by atoms with Gasteiger partial charge in [-0.25, -0.2) is 4.90 Å². The van der Waals surface area contributed by atoms with Gasteiger partial charge in [-0.3, -0.25) is 9.59 Å². The first-order valence-corrected chi connectivity index (χ1v) is 10.3. The number of thioether (sulfide) groups is 1. The molecule has 2 amide bonds. The Balaban J connectivity index is 1.60. The van der Waals surface area contributed by atoms with Gasteiger partial charge in [0.1, 0.15) is 0 Å². The molecule has 1 N–H and O–H groups in total. The molecule has 2 heterocycles. The molecule has 0 atom stereocenters. The van der Waals surface area contributed by atoms with E-state index in [0.29, 0.717) is 31.6 Å². The molecule has 0 unspecified atom stereocenters. The monoisotopic (exact) mass is 420 g/mol. The van der Waals surface area contributed by atoms with E-state index in [-0.39, 0.29) is 16.6 Å². The molecule has 0 saturated carbocycles. The molecule has 4 rings (SSSR count). The van der Waals surface area contributed by atoms with E-state index in [0.717, 1.165) is 23.4 Å². The maximum absolute atomic E-state index is 13.3. The van der Waals surface area contributed by atoms with Gasteiger partial charge in [0.25, 0.3) is 0 Å². The lowest BCUT2D eigenvalue weighted by Crippen LogP contribution is -2.49. The Morgan fingerprint density at radius 2 is 1.72 bits per heavy atom. The summed E-state index contributed by atoms with van der Waals surface area (Å²) in [5.41, 5.74) is -0.123. The third kappa shape index (κ3) is 3.44. The third-order valence-corrected chi connectivity index (χ3v) is 6.58. The number of hydrogen-bond acceptors (Lipinski definition) is 4. The van der Waals surface area contributed by atoms with Crippen LogP contribution in [0.25, 0.3) is 0 Å². The van der Waals surface area contributed by atoms with Crippen molar-refractivity contribution in [1.29, 1.82) is 0 Å². The predicted octanol–water partition coefficient (Wildman–Crippen LogP) is 3.99. The van der Waals surface area contributed by atoms with Crippen molar-refractivity contribution in [3.8, 4) is 0 Å². The van der Waals surface area contributed by atoms with E-state index in [1.165, 1.54) is 23.1 Å². The smallest absolute Gasteiger partial charge is 0.317 e. The van der Waals surface area contributed by atoms with Crippen LogP contribution in [-0.2, 0) is 21.2 Å². The molecule has 2 aliphatic heterocycles. The minimum absolute atomic E-state index is 0.0233. The molecule has 2 aromatic rings. The van der Waals surface area contributed by atoms with Crippen molar-refractivity contribution < 1.29 is 22.8 Å². The number of nitrogens with one attached hydrogen (secondary N) is 1. The van der Waals surface area contributed by atoms with E-state index in [1.54, 1.807) is 12.1 Å². The maximum Gasteiger partial charge on any atom is 0.417 e. The summed E-state index contributed by atoms with van der Waals surface area (Å²) in [5, 5.41) is 3.23. The number of benzene rings is 2. The van der Waals surface area contributed by atoms with Crippen molar-refractivity contribution in [2.45, 2.75) is 29.3 Å². The number of amides is 2. The van der Waals surface area contributed by atoms with Crippen LogP contribution in [0, 0.1) is 0 Å². The highest BCUT2D eigenvalue weighted by Crippen LogP contribution is 2.47. The Bertz CT molecular complexity index is 955. The Morgan fingerprint density at radius 1 is 1.07 bits per heavy atom. The number of anilines is 1. The van der Waals surface area contributed by atoms with E-state index in [9.17, 15) is 22.8 Å². The zero-order chi connectivity index (χ0) is 20.6. The quantitative estimate of drug-likeness (QED) is 0.763. The van der Waals surface area contributed by atoms with Gasteiger partial charge >= 0.3 is 6.18 Å². The molecule has 1 fully saturated rings. The van der Waals surface area contributed by atoms with E-state index in [4.69, 9.17) is 0 Å². The summed E-state index contributed by atoms with van der Waals surface area (Å²) >= 11 is 0.805. The number of carbonyl (C=O) groups is 2. The second-order valence-electron chi connectivity index (χ2n) is 7.17. The zero-order valence-corrected chi connectivity index (χ0v) is 16.3. The Hall–Kier alpha value is -2.32. The fraction of sp³-hybridized carbons (Fsp3) is 0.333. The first-order chi connectivity index (χ1) is 13.8. The lowest BCUT2D eigenvalue weighted by atomic mass is 9.74. The van der Waals surface area contributed by atoms with Crippen LogP contribution in [0.1, 0.15) is 24.0 Å². The second-order valence-corrected chi connectivity index (χ2v) is 8.18. The van der Waals surface area contributed by atoms with Crippen LogP contribution in [0.2, 0.25) is 0 Å². The minimum Gasteiger partial charge on any atom is -0.317 e. The van der Waals surface area contributed by atoms with Gasteiger partial charge in [0.2, 0.25) is 11.8 Å². The molecule has 2 aliphatic rings. The highest BCUT2D eigenvalue weighted by molar-refractivity contribution is 8.00. The normalized spacial score (nSPS) is 18.2. The van der Waals surface area contributed by atoms with Crippen molar-refractivity contribution in [3.63, 3.8) is 0 Å². The number of halogens is 3. The minimum atomic E-state index is -4.50. The third-order valence-electron chi connectivity index (χ3n) is 5.52. The van der Waals surface area contributed by atoms with Gasteiger partial charge in [0, 0.05) is 4.90 Å². The van der Waals surface area contributed by atoms with Crippen LogP contribution in [0.3, 0.4) is 0 Å². The maximum atomic E-state index is 13.3. The molecule has 29 heavy (non-hydrogen) atoms. The van der Waals surface area contributed by atoms with Crippen LogP contribution in [0.4, 0.5) is 18.9 Å². The fourth-order valence-corrected chi connectivity index (χ4v) is 5.05. The van der Waals surface area contributed by atoms with E-state index >= 15 is 0 Å². The Morgan fingerprint density at radius 3 is 2.45 bits per heavy atom. The fourth-order valence-electron chi connectivity index (χ4n) is 4.13. The highest BCUT2D eigenvalue weighted by atomic mass is 32.2. The number of imide groups is 1. The number of carbonyl (C=O) groups excluding carboxylic acids is 2. The summed E-state index contributed by atoms with van der Waals surface area (Å²) in [7, 11) is 0. The van der Waals surface area contributed by atoms with Crippen LogP contribution < -0.4 is 10.2 Å². The summed E-state index contributed by atoms with van der Waals surface area (Å²) in [6, 6.07) is 12.4. The molecule has 4 nitrogen and oxygen atoms in total. The second kappa shape index (κ2) is 7.50. The molecule has 152 valence electrons. The Labute approximate surface area is 170 Å². The first-order valence-electron chi connectivity index (χ1n) is 9.31. The summed E-state index contributed by atoms with van der Waals surface area (Å²) in [5.74, 6) is -1.02. The van der Waals surface area contributed by atoms with Gasteiger partial charge in [-0.1, -0.05) is 30.3 Å². The van der Waals surface area contributed by atoms with Crippen molar-refractivity contribution in [3.05, 3.63) is 59.7 Å². The molecule has 0 radical (unpaired) electrons. The SMILES string of the molecule is O=C(CSc1ccccc1C(F)(F)F)N1C(=O)C2(CCNCC2)c2ccccc21.